The fourth-order valence-electron chi connectivity index (χ4n) is 2.05. The maximum atomic E-state index is 11.9. The van der Waals surface area contributed by atoms with Gasteiger partial charge in [-0.05, 0) is 37.5 Å². The number of aromatic nitrogens is 2. The number of Topliss-reactive ketones (excluding diaryl/α,β-unsaturated/α-hetero) is 1. The molecule has 0 aliphatic heterocycles. The Labute approximate surface area is 124 Å². The number of aryl methyl sites for hydroxylation is 2. The van der Waals surface area contributed by atoms with E-state index in [2.05, 4.69) is 10.4 Å². The van der Waals surface area contributed by atoms with Crippen LogP contribution in [0.4, 0.5) is 0 Å². The Morgan fingerprint density at radius 1 is 1.19 bits per heavy atom. The van der Waals surface area contributed by atoms with Crippen molar-refractivity contribution in [3.8, 4) is 0 Å². The Kier molecular flexibility index (Phi) is 4.87. The van der Waals surface area contributed by atoms with Gasteiger partial charge in [0.15, 0.2) is 5.78 Å². The van der Waals surface area contributed by atoms with Crippen molar-refractivity contribution < 1.29 is 9.59 Å². The zero-order valence-corrected chi connectivity index (χ0v) is 12.3. The molecule has 110 valence electrons. The topological polar surface area (TPSA) is 64.0 Å². The third-order valence-corrected chi connectivity index (χ3v) is 3.24. The van der Waals surface area contributed by atoms with E-state index in [0.717, 1.165) is 18.4 Å². The van der Waals surface area contributed by atoms with Crippen molar-refractivity contribution >= 4 is 11.7 Å². The number of nitrogens with one attached hydrogen (secondary N) is 1. The van der Waals surface area contributed by atoms with Crippen LogP contribution in [0, 0.1) is 0 Å². The van der Waals surface area contributed by atoms with E-state index in [1.807, 2.05) is 19.4 Å². The number of rotatable bonds is 6. The minimum atomic E-state index is -0.115. The monoisotopic (exact) mass is 285 g/mol. The third-order valence-electron chi connectivity index (χ3n) is 3.24. The lowest BCUT2D eigenvalue weighted by Crippen LogP contribution is -2.24. The molecule has 5 nitrogen and oxygen atoms in total. The molecule has 0 aliphatic carbocycles. The Hall–Kier alpha value is -2.43. The molecule has 0 fully saturated rings. The average molecular weight is 285 g/mol. The SMILES string of the molecule is CC(=O)c1ccc(C(=O)NCCCc2cnn(C)c2)cc1. The standard InChI is InChI=1S/C16H19N3O2/c1-12(20)14-5-7-15(8-6-14)16(21)17-9-3-4-13-10-18-19(2)11-13/h5-8,10-11H,3-4,9H2,1-2H3,(H,17,21). The highest BCUT2D eigenvalue weighted by Crippen LogP contribution is 2.05. The van der Waals surface area contributed by atoms with E-state index in [1.165, 1.54) is 6.92 Å². The number of hydrogen-bond donors (Lipinski definition) is 1. The van der Waals surface area contributed by atoms with E-state index in [4.69, 9.17) is 0 Å². The van der Waals surface area contributed by atoms with Gasteiger partial charge in [0.1, 0.15) is 0 Å². The summed E-state index contributed by atoms with van der Waals surface area (Å²) in [5.41, 5.74) is 2.35. The molecule has 2 aromatic rings. The van der Waals surface area contributed by atoms with Gasteiger partial charge in [-0.1, -0.05) is 12.1 Å². The molecule has 0 saturated carbocycles. The second kappa shape index (κ2) is 6.83. The van der Waals surface area contributed by atoms with Gasteiger partial charge in [0, 0.05) is 30.9 Å². The Bertz CT molecular complexity index is 629. The predicted molar refractivity (Wildman–Crippen MR) is 80.3 cm³/mol. The Morgan fingerprint density at radius 2 is 1.86 bits per heavy atom. The second-order valence-corrected chi connectivity index (χ2v) is 5.02. The molecule has 5 heteroatoms. The Balaban J connectivity index is 1.77. The van der Waals surface area contributed by atoms with Gasteiger partial charge in [-0.2, -0.15) is 5.10 Å². The van der Waals surface area contributed by atoms with Crippen molar-refractivity contribution in [3.05, 3.63) is 53.3 Å². The molecule has 0 unspecified atom stereocenters. The number of hydrogen-bond acceptors (Lipinski definition) is 3. The van der Waals surface area contributed by atoms with Gasteiger partial charge < -0.3 is 5.32 Å². The summed E-state index contributed by atoms with van der Waals surface area (Å²) in [5.74, 6) is -0.116. The molecule has 0 atom stereocenters. The first-order valence-electron chi connectivity index (χ1n) is 6.93. The predicted octanol–water partition coefficient (Wildman–Crippen LogP) is 1.99. The number of ketones is 1. The molecule has 1 aromatic heterocycles. The molecule has 0 bridgehead atoms. The summed E-state index contributed by atoms with van der Waals surface area (Å²) >= 11 is 0. The maximum absolute atomic E-state index is 11.9. The van der Waals surface area contributed by atoms with Crippen LogP contribution in [0.2, 0.25) is 0 Å². The van der Waals surface area contributed by atoms with E-state index in [-0.39, 0.29) is 11.7 Å². The van der Waals surface area contributed by atoms with E-state index in [9.17, 15) is 9.59 Å². The molecule has 21 heavy (non-hydrogen) atoms. The van der Waals surface area contributed by atoms with Gasteiger partial charge in [0.25, 0.3) is 5.91 Å². The zero-order chi connectivity index (χ0) is 15.2. The number of carbonyl (C=O) groups is 2. The first-order valence-corrected chi connectivity index (χ1v) is 6.93. The molecular formula is C16H19N3O2. The van der Waals surface area contributed by atoms with Gasteiger partial charge in [0.05, 0.1) is 6.20 Å². The molecular weight excluding hydrogens is 266 g/mol. The van der Waals surface area contributed by atoms with Crippen LogP contribution >= 0.6 is 0 Å². The van der Waals surface area contributed by atoms with Crippen LogP contribution in [0.3, 0.4) is 0 Å². The van der Waals surface area contributed by atoms with Crippen LogP contribution in [0.5, 0.6) is 0 Å². The molecule has 1 N–H and O–H groups in total. The molecule has 0 spiro atoms. The minimum Gasteiger partial charge on any atom is -0.352 e. The largest absolute Gasteiger partial charge is 0.352 e. The fourth-order valence-corrected chi connectivity index (χ4v) is 2.05. The number of carbonyl (C=O) groups excluding carboxylic acids is 2. The molecule has 1 amide bonds. The number of benzene rings is 1. The van der Waals surface area contributed by atoms with E-state index in [0.29, 0.717) is 17.7 Å². The van der Waals surface area contributed by atoms with Crippen LogP contribution in [0.25, 0.3) is 0 Å². The summed E-state index contributed by atoms with van der Waals surface area (Å²) in [6, 6.07) is 6.69. The van der Waals surface area contributed by atoms with Crippen molar-refractivity contribution in [2.24, 2.45) is 7.05 Å². The van der Waals surface area contributed by atoms with Gasteiger partial charge >= 0.3 is 0 Å². The summed E-state index contributed by atoms with van der Waals surface area (Å²) in [4.78, 5) is 23.1. The van der Waals surface area contributed by atoms with Gasteiger partial charge in [-0.3, -0.25) is 14.3 Å². The summed E-state index contributed by atoms with van der Waals surface area (Å²) < 4.78 is 1.77. The van der Waals surface area contributed by atoms with Crippen molar-refractivity contribution in [2.45, 2.75) is 19.8 Å². The highest BCUT2D eigenvalue weighted by molar-refractivity contribution is 5.97. The molecule has 1 aromatic carbocycles. The lowest BCUT2D eigenvalue weighted by atomic mass is 10.1. The summed E-state index contributed by atoms with van der Waals surface area (Å²) in [6.07, 6.45) is 5.56. The highest BCUT2D eigenvalue weighted by atomic mass is 16.1. The Morgan fingerprint density at radius 3 is 2.43 bits per heavy atom. The number of amides is 1. The lowest BCUT2D eigenvalue weighted by Gasteiger charge is -2.05. The van der Waals surface area contributed by atoms with Crippen LogP contribution in [0.15, 0.2) is 36.7 Å². The van der Waals surface area contributed by atoms with Gasteiger partial charge in [0.2, 0.25) is 0 Å². The van der Waals surface area contributed by atoms with Gasteiger partial charge in [-0.15, -0.1) is 0 Å². The smallest absolute Gasteiger partial charge is 0.251 e. The maximum Gasteiger partial charge on any atom is 0.251 e. The molecule has 0 radical (unpaired) electrons. The van der Waals surface area contributed by atoms with Crippen molar-refractivity contribution in [2.75, 3.05) is 6.54 Å². The first kappa shape index (κ1) is 15.0. The minimum absolute atomic E-state index is 0.00145. The normalized spacial score (nSPS) is 10.4. The van der Waals surface area contributed by atoms with Crippen molar-refractivity contribution in [3.63, 3.8) is 0 Å². The molecule has 2 rings (SSSR count). The average Bonchev–Trinajstić information content (AvgIpc) is 2.89. The van der Waals surface area contributed by atoms with Crippen LogP contribution < -0.4 is 5.32 Å². The zero-order valence-electron chi connectivity index (χ0n) is 12.3. The third kappa shape index (κ3) is 4.27. The van der Waals surface area contributed by atoms with Crippen LogP contribution in [-0.2, 0) is 13.5 Å². The molecule has 0 aliphatic rings. The van der Waals surface area contributed by atoms with Gasteiger partial charge in [-0.25, -0.2) is 0 Å². The van der Waals surface area contributed by atoms with Crippen LogP contribution in [-0.4, -0.2) is 28.0 Å². The van der Waals surface area contributed by atoms with E-state index in [1.54, 1.807) is 28.9 Å². The fraction of sp³-hybridized carbons (Fsp3) is 0.312. The van der Waals surface area contributed by atoms with Crippen molar-refractivity contribution in [1.29, 1.82) is 0 Å². The quantitative estimate of drug-likeness (QED) is 0.652. The lowest BCUT2D eigenvalue weighted by molar-refractivity contribution is 0.0951. The summed E-state index contributed by atoms with van der Waals surface area (Å²) in [7, 11) is 1.88. The summed E-state index contributed by atoms with van der Waals surface area (Å²) in [6.45, 7) is 2.12. The highest BCUT2D eigenvalue weighted by Gasteiger charge is 2.06. The van der Waals surface area contributed by atoms with E-state index < -0.39 is 0 Å². The molecule has 1 heterocycles. The van der Waals surface area contributed by atoms with E-state index >= 15 is 0 Å². The molecule has 0 saturated heterocycles. The van der Waals surface area contributed by atoms with Crippen molar-refractivity contribution in [1.82, 2.24) is 15.1 Å². The first-order chi connectivity index (χ1) is 10.1. The number of nitrogens with zero attached hydrogens (tertiary/aromatic N) is 2. The van der Waals surface area contributed by atoms with Crippen LogP contribution in [0.1, 0.15) is 39.6 Å². The second-order valence-electron chi connectivity index (χ2n) is 5.02. The summed E-state index contributed by atoms with van der Waals surface area (Å²) in [5, 5.41) is 6.98.